The first kappa shape index (κ1) is 17.9. The fraction of sp³-hybridized carbons (Fsp3) is 0.350. The fourth-order valence-corrected chi connectivity index (χ4v) is 2.33. The Kier molecular flexibility index (Phi) is 5.85. The molecule has 0 unspecified atom stereocenters. The van der Waals surface area contributed by atoms with Crippen molar-refractivity contribution in [1.29, 1.82) is 0 Å². The van der Waals surface area contributed by atoms with E-state index in [1.54, 1.807) is 13.2 Å². The largest absolute Gasteiger partial charge is 0.493 e. The van der Waals surface area contributed by atoms with E-state index in [9.17, 15) is 4.79 Å². The average molecular weight is 328 g/mol. The third-order valence-electron chi connectivity index (χ3n) is 3.58. The minimum atomic E-state index is -0.374. The molecule has 0 atom stereocenters. The van der Waals surface area contributed by atoms with Crippen molar-refractivity contribution in [1.82, 2.24) is 0 Å². The van der Waals surface area contributed by atoms with Crippen molar-refractivity contribution in [3.63, 3.8) is 0 Å². The van der Waals surface area contributed by atoms with Crippen LogP contribution in [0.2, 0.25) is 0 Å². The van der Waals surface area contributed by atoms with E-state index in [2.05, 4.69) is 6.08 Å². The third-order valence-corrected chi connectivity index (χ3v) is 3.58. The lowest BCUT2D eigenvalue weighted by atomic mass is 10.0. The molecule has 4 nitrogen and oxygen atoms in total. The lowest BCUT2D eigenvalue weighted by Crippen LogP contribution is -2.04. The Hall–Kier alpha value is -2.49. The summed E-state index contributed by atoms with van der Waals surface area (Å²) in [6, 6.07) is 4.99. The van der Waals surface area contributed by atoms with E-state index in [1.165, 1.54) is 17.2 Å². The highest BCUT2D eigenvalue weighted by atomic mass is 16.5. The topological polar surface area (TPSA) is 48.7 Å². The van der Waals surface area contributed by atoms with Gasteiger partial charge in [-0.25, -0.2) is 4.79 Å². The highest BCUT2D eigenvalue weighted by Crippen LogP contribution is 2.38. The number of methoxy groups -OCH3 is 1. The van der Waals surface area contributed by atoms with Crippen molar-refractivity contribution >= 4 is 11.0 Å². The van der Waals surface area contributed by atoms with Crippen LogP contribution in [0.25, 0.3) is 11.0 Å². The van der Waals surface area contributed by atoms with Crippen molar-refractivity contribution in [3.05, 3.63) is 57.5 Å². The van der Waals surface area contributed by atoms with Gasteiger partial charge in [0.15, 0.2) is 11.5 Å². The number of fused-ring (bicyclic) bond motifs is 1. The Balaban J connectivity index is 2.65. The highest BCUT2D eigenvalue weighted by Gasteiger charge is 2.17. The average Bonchev–Trinajstić information content (AvgIpc) is 2.52. The predicted octanol–water partition coefficient (Wildman–Crippen LogP) is 4.66. The van der Waals surface area contributed by atoms with Gasteiger partial charge >= 0.3 is 5.63 Å². The van der Waals surface area contributed by atoms with Crippen LogP contribution >= 0.6 is 0 Å². The van der Waals surface area contributed by atoms with Crippen molar-refractivity contribution < 1.29 is 13.9 Å². The second kappa shape index (κ2) is 7.86. The molecule has 0 saturated heterocycles. The minimum Gasteiger partial charge on any atom is -0.493 e. The summed E-state index contributed by atoms with van der Waals surface area (Å²) in [6.45, 7) is 8.53. The Morgan fingerprint density at radius 3 is 2.46 bits per heavy atom. The van der Waals surface area contributed by atoms with E-state index in [4.69, 9.17) is 13.9 Å². The Labute approximate surface area is 142 Å². The molecule has 0 radical (unpaired) electrons. The van der Waals surface area contributed by atoms with Gasteiger partial charge in [0.1, 0.15) is 12.2 Å². The van der Waals surface area contributed by atoms with Gasteiger partial charge in [0, 0.05) is 17.0 Å². The molecule has 4 heteroatoms. The van der Waals surface area contributed by atoms with Gasteiger partial charge in [0.05, 0.1) is 7.11 Å². The van der Waals surface area contributed by atoms with Gasteiger partial charge in [0.2, 0.25) is 0 Å². The molecule has 1 aromatic carbocycles. The molecule has 0 aliphatic heterocycles. The van der Waals surface area contributed by atoms with E-state index >= 15 is 0 Å². The molecule has 0 fully saturated rings. The fourth-order valence-electron chi connectivity index (χ4n) is 2.33. The molecule has 0 amide bonds. The van der Waals surface area contributed by atoms with Gasteiger partial charge in [-0.05, 0) is 52.3 Å². The summed E-state index contributed by atoms with van der Waals surface area (Å²) in [5, 5.41) is 0.818. The summed E-state index contributed by atoms with van der Waals surface area (Å²) < 4.78 is 16.9. The number of hydrogen-bond donors (Lipinski definition) is 0. The molecule has 0 aliphatic carbocycles. The van der Waals surface area contributed by atoms with Crippen LogP contribution in [0.1, 0.15) is 33.3 Å². The zero-order valence-electron chi connectivity index (χ0n) is 14.9. The molecular weight excluding hydrogens is 304 g/mol. The first-order chi connectivity index (χ1) is 11.4. The molecular formula is C20H24O4. The summed E-state index contributed by atoms with van der Waals surface area (Å²) in [7, 11) is 1.61. The Bertz CT molecular complexity index is 833. The van der Waals surface area contributed by atoms with E-state index in [-0.39, 0.29) is 5.63 Å². The van der Waals surface area contributed by atoms with Crippen LogP contribution in [-0.2, 0) is 6.42 Å². The maximum atomic E-state index is 11.7. The van der Waals surface area contributed by atoms with Crippen LogP contribution in [0.15, 0.2) is 50.7 Å². The number of allylic oxidation sites excluding steroid dienone is 3. The van der Waals surface area contributed by atoms with Crippen LogP contribution in [0.3, 0.4) is 0 Å². The van der Waals surface area contributed by atoms with Crippen LogP contribution in [0, 0.1) is 0 Å². The van der Waals surface area contributed by atoms with Gasteiger partial charge in [-0.2, -0.15) is 0 Å². The molecule has 0 aliphatic rings. The maximum Gasteiger partial charge on any atom is 0.336 e. The molecule has 128 valence electrons. The van der Waals surface area contributed by atoms with E-state index in [0.717, 1.165) is 10.9 Å². The summed E-state index contributed by atoms with van der Waals surface area (Å²) in [4.78, 5) is 11.7. The molecule has 1 heterocycles. The lowest BCUT2D eigenvalue weighted by Gasteiger charge is -2.15. The predicted molar refractivity (Wildman–Crippen MR) is 97.1 cm³/mol. The number of ether oxygens (including phenoxy) is 2. The molecule has 0 spiro atoms. The maximum absolute atomic E-state index is 11.7. The van der Waals surface area contributed by atoms with Crippen LogP contribution in [-0.4, -0.2) is 13.7 Å². The number of hydrogen-bond acceptors (Lipinski definition) is 4. The zero-order valence-corrected chi connectivity index (χ0v) is 14.9. The van der Waals surface area contributed by atoms with Crippen molar-refractivity contribution in [2.75, 3.05) is 13.7 Å². The first-order valence-corrected chi connectivity index (χ1v) is 7.95. The van der Waals surface area contributed by atoms with Crippen LogP contribution < -0.4 is 15.1 Å². The number of benzene rings is 1. The van der Waals surface area contributed by atoms with Crippen molar-refractivity contribution in [2.45, 2.75) is 34.1 Å². The van der Waals surface area contributed by atoms with Gasteiger partial charge in [-0.1, -0.05) is 17.2 Å². The second-order valence-corrected chi connectivity index (χ2v) is 6.14. The molecule has 0 N–H and O–H groups in total. The smallest absolute Gasteiger partial charge is 0.336 e. The summed E-state index contributed by atoms with van der Waals surface area (Å²) in [5.41, 5.74) is 3.35. The standard InChI is InChI=1S/C20H24O4/c1-13(2)6-8-16-19-15(7-9-18(21)24-19)12-17(22-5)20(16)23-11-10-14(3)4/h6-7,9-10,12H,8,11H2,1-5H3. The van der Waals surface area contributed by atoms with Crippen LogP contribution in [0.4, 0.5) is 0 Å². The lowest BCUT2D eigenvalue weighted by molar-refractivity contribution is 0.323. The van der Waals surface area contributed by atoms with E-state index in [1.807, 2.05) is 39.8 Å². The SMILES string of the molecule is COc1cc2ccc(=O)oc2c(CC=C(C)C)c1OCC=C(C)C. The minimum absolute atomic E-state index is 0.374. The zero-order chi connectivity index (χ0) is 17.7. The quantitative estimate of drug-likeness (QED) is 0.572. The van der Waals surface area contributed by atoms with E-state index in [0.29, 0.717) is 30.1 Å². The molecule has 24 heavy (non-hydrogen) atoms. The summed E-state index contributed by atoms with van der Waals surface area (Å²) in [6.07, 6.45) is 4.68. The molecule has 2 aromatic rings. The third kappa shape index (κ3) is 4.28. The van der Waals surface area contributed by atoms with Crippen molar-refractivity contribution in [2.24, 2.45) is 0 Å². The van der Waals surface area contributed by atoms with Gasteiger partial charge in [-0.3, -0.25) is 0 Å². The molecule has 2 rings (SSSR count). The summed E-state index contributed by atoms with van der Waals surface area (Å²) >= 11 is 0. The van der Waals surface area contributed by atoms with E-state index < -0.39 is 0 Å². The second-order valence-electron chi connectivity index (χ2n) is 6.14. The van der Waals surface area contributed by atoms with Gasteiger partial charge < -0.3 is 13.9 Å². The van der Waals surface area contributed by atoms with Gasteiger partial charge in [0.25, 0.3) is 0 Å². The first-order valence-electron chi connectivity index (χ1n) is 7.95. The molecule has 1 aromatic heterocycles. The van der Waals surface area contributed by atoms with Gasteiger partial charge in [-0.15, -0.1) is 0 Å². The van der Waals surface area contributed by atoms with Crippen molar-refractivity contribution in [3.8, 4) is 11.5 Å². The Morgan fingerprint density at radius 2 is 1.83 bits per heavy atom. The normalized spacial score (nSPS) is 10.4. The highest BCUT2D eigenvalue weighted by molar-refractivity contribution is 5.85. The van der Waals surface area contributed by atoms with Crippen LogP contribution in [0.5, 0.6) is 11.5 Å². The molecule has 0 bridgehead atoms. The molecule has 0 saturated carbocycles. The summed E-state index contributed by atoms with van der Waals surface area (Å²) in [5.74, 6) is 1.25. The monoisotopic (exact) mass is 328 g/mol. The Morgan fingerprint density at radius 1 is 1.12 bits per heavy atom. The number of rotatable bonds is 6.